The second-order valence-corrected chi connectivity index (χ2v) is 5.05. The van der Waals surface area contributed by atoms with Crippen LogP contribution in [0, 0.1) is 0 Å². The Morgan fingerprint density at radius 1 is 1.32 bits per heavy atom. The van der Waals surface area contributed by atoms with E-state index in [-0.39, 0.29) is 0 Å². The lowest BCUT2D eigenvalue weighted by Gasteiger charge is -2.10. The predicted molar refractivity (Wildman–Crippen MR) is 75.5 cm³/mol. The maximum absolute atomic E-state index is 6.13. The van der Waals surface area contributed by atoms with Crippen molar-refractivity contribution in [1.82, 2.24) is 9.97 Å². The summed E-state index contributed by atoms with van der Waals surface area (Å²) in [6.07, 6.45) is 5.02. The van der Waals surface area contributed by atoms with Gasteiger partial charge in [0.05, 0.1) is 11.8 Å². The molecule has 19 heavy (non-hydrogen) atoms. The Balaban J connectivity index is 1.98. The molecular weight excluding hydrogens is 260 g/mol. The molecule has 0 unspecified atom stereocenters. The van der Waals surface area contributed by atoms with E-state index in [2.05, 4.69) is 16.9 Å². The van der Waals surface area contributed by atoms with E-state index >= 15 is 0 Å². The van der Waals surface area contributed by atoms with Gasteiger partial charge in [-0.2, -0.15) is 0 Å². The van der Waals surface area contributed by atoms with Crippen LogP contribution < -0.4 is 4.74 Å². The van der Waals surface area contributed by atoms with Crippen molar-refractivity contribution in [3.63, 3.8) is 0 Å². The second-order valence-electron chi connectivity index (χ2n) is 4.69. The van der Waals surface area contributed by atoms with Gasteiger partial charge >= 0.3 is 0 Å². The van der Waals surface area contributed by atoms with Gasteiger partial charge in [-0.15, -0.1) is 0 Å². The van der Waals surface area contributed by atoms with Gasteiger partial charge in [-0.1, -0.05) is 30.7 Å². The molecule has 0 aliphatic heterocycles. The van der Waals surface area contributed by atoms with Gasteiger partial charge in [0.1, 0.15) is 17.2 Å². The van der Waals surface area contributed by atoms with E-state index in [0.717, 1.165) is 41.8 Å². The number of hydrogen-bond acceptors (Lipinski definition) is 3. The van der Waals surface area contributed by atoms with Crippen LogP contribution in [0.2, 0.25) is 5.15 Å². The predicted octanol–water partition coefficient (Wildman–Crippen LogP) is 3.90. The molecule has 1 aliphatic carbocycles. The van der Waals surface area contributed by atoms with Gasteiger partial charge < -0.3 is 4.74 Å². The number of ether oxygens (including phenoxy) is 1. The molecule has 0 N–H and O–H groups in total. The van der Waals surface area contributed by atoms with Crippen LogP contribution in [-0.4, -0.2) is 16.1 Å². The van der Waals surface area contributed by atoms with Crippen molar-refractivity contribution in [3.05, 3.63) is 41.3 Å². The third-order valence-corrected chi connectivity index (χ3v) is 3.51. The summed E-state index contributed by atoms with van der Waals surface area (Å²) in [5.41, 5.74) is 2.90. The SMILES string of the molecule is CCc1c(Cl)ncnc1-c1cccc(OC2CC2)c1. The highest BCUT2D eigenvalue weighted by molar-refractivity contribution is 6.30. The summed E-state index contributed by atoms with van der Waals surface area (Å²) in [5.74, 6) is 0.900. The summed E-state index contributed by atoms with van der Waals surface area (Å²) in [6.45, 7) is 2.05. The van der Waals surface area contributed by atoms with E-state index in [9.17, 15) is 0 Å². The molecule has 1 heterocycles. The molecule has 0 atom stereocenters. The topological polar surface area (TPSA) is 35.0 Å². The van der Waals surface area contributed by atoms with E-state index < -0.39 is 0 Å². The standard InChI is InChI=1S/C15H15ClN2O/c1-2-13-14(17-9-18-15(13)16)10-4-3-5-12(8-10)19-11-6-7-11/h3-5,8-9,11H,2,6-7H2,1H3. The Labute approximate surface area is 117 Å². The summed E-state index contributed by atoms with van der Waals surface area (Å²) >= 11 is 6.13. The maximum Gasteiger partial charge on any atom is 0.136 e. The first-order valence-electron chi connectivity index (χ1n) is 6.54. The minimum absolute atomic E-state index is 0.398. The third-order valence-electron chi connectivity index (χ3n) is 3.18. The maximum atomic E-state index is 6.13. The molecule has 1 aromatic carbocycles. The van der Waals surface area contributed by atoms with Crippen LogP contribution in [0.4, 0.5) is 0 Å². The number of nitrogens with zero attached hydrogens (tertiary/aromatic N) is 2. The molecule has 0 bridgehead atoms. The molecule has 98 valence electrons. The second kappa shape index (κ2) is 5.17. The van der Waals surface area contributed by atoms with Crippen LogP contribution in [-0.2, 0) is 6.42 Å². The van der Waals surface area contributed by atoms with Gasteiger partial charge in [0.2, 0.25) is 0 Å². The van der Waals surface area contributed by atoms with Gasteiger partial charge in [-0.3, -0.25) is 0 Å². The van der Waals surface area contributed by atoms with E-state index in [1.54, 1.807) is 0 Å². The minimum Gasteiger partial charge on any atom is -0.490 e. The fourth-order valence-electron chi connectivity index (χ4n) is 2.05. The molecule has 4 heteroatoms. The summed E-state index contributed by atoms with van der Waals surface area (Å²) < 4.78 is 5.81. The van der Waals surface area contributed by atoms with Gasteiger partial charge in [0.15, 0.2) is 0 Å². The first-order chi connectivity index (χ1) is 9.28. The molecule has 0 spiro atoms. The van der Waals surface area contributed by atoms with Crippen LogP contribution in [0.5, 0.6) is 5.75 Å². The van der Waals surface area contributed by atoms with Crippen molar-refractivity contribution in [2.24, 2.45) is 0 Å². The van der Waals surface area contributed by atoms with Crippen LogP contribution in [0.25, 0.3) is 11.3 Å². The van der Waals surface area contributed by atoms with E-state index in [1.807, 2.05) is 24.3 Å². The van der Waals surface area contributed by atoms with Crippen molar-refractivity contribution >= 4 is 11.6 Å². The summed E-state index contributed by atoms with van der Waals surface area (Å²) in [6, 6.07) is 8.02. The van der Waals surface area contributed by atoms with E-state index in [0.29, 0.717) is 11.3 Å². The fraction of sp³-hybridized carbons (Fsp3) is 0.333. The van der Waals surface area contributed by atoms with Crippen molar-refractivity contribution in [1.29, 1.82) is 0 Å². The van der Waals surface area contributed by atoms with Gasteiger partial charge in [0.25, 0.3) is 0 Å². The average molecular weight is 275 g/mol. The van der Waals surface area contributed by atoms with Crippen LogP contribution in [0.15, 0.2) is 30.6 Å². The third kappa shape index (κ3) is 2.71. The molecule has 2 aromatic rings. The molecule has 1 fully saturated rings. The summed E-state index contributed by atoms with van der Waals surface area (Å²) in [4.78, 5) is 8.41. The fourth-order valence-corrected chi connectivity index (χ4v) is 2.31. The first kappa shape index (κ1) is 12.4. The minimum atomic E-state index is 0.398. The highest BCUT2D eigenvalue weighted by Crippen LogP contribution is 2.31. The van der Waals surface area contributed by atoms with Gasteiger partial charge in [-0.25, -0.2) is 9.97 Å². The number of rotatable bonds is 4. The Kier molecular flexibility index (Phi) is 3.38. The number of halogens is 1. The largest absolute Gasteiger partial charge is 0.490 e. The van der Waals surface area contributed by atoms with Crippen molar-refractivity contribution in [2.75, 3.05) is 0 Å². The van der Waals surface area contributed by atoms with E-state index in [4.69, 9.17) is 16.3 Å². The smallest absolute Gasteiger partial charge is 0.136 e. The zero-order chi connectivity index (χ0) is 13.2. The summed E-state index contributed by atoms with van der Waals surface area (Å²) in [7, 11) is 0. The van der Waals surface area contributed by atoms with Gasteiger partial charge in [0, 0.05) is 11.1 Å². The lowest BCUT2D eigenvalue weighted by molar-refractivity contribution is 0.303. The lowest BCUT2D eigenvalue weighted by Crippen LogP contribution is -1.98. The van der Waals surface area contributed by atoms with Crippen molar-refractivity contribution in [2.45, 2.75) is 32.3 Å². The lowest BCUT2D eigenvalue weighted by atomic mass is 10.1. The van der Waals surface area contributed by atoms with Crippen LogP contribution in [0.1, 0.15) is 25.3 Å². The molecule has 1 aliphatic rings. The van der Waals surface area contributed by atoms with Crippen LogP contribution in [0.3, 0.4) is 0 Å². The molecule has 0 saturated heterocycles. The molecular formula is C15H15ClN2O. The Morgan fingerprint density at radius 3 is 2.89 bits per heavy atom. The van der Waals surface area contributed by atoms with Crippen molar-refractivity contribution in [3.8, 4) is 17.0 Å². The summed E-state index contributed by atoms with van der Waals surface area (Å²) in [5, 5.41) is 0.529. The Morgan fingerprint density at radius 2 is 2.16 bits per heavy atom. The van der Waals surface area contributed by atoms with E-state index in [1.165, 1.54) is 6.33 Å². The van der Waals surface area contributed by atoms with Crippen LogP contribution >= 0.6 is 11.6 Å². The Bertz CT molecular complexity index is 596. The number of hydrogen-bond donors (Lipinski definition) is 0. The Hall–Kier alpha value is -1.61. The molecule has 1 saturated carbocycles. The monoisotopic (exact) mass is 274 g/mol. The molecule has 1 aromatic heterocycles. The quantitative estimate of drug-likeness (QED) is 0.793. The average Bonchev–Trinajstić information content (AvgIpc) is 3.23. The first-order valence-corrected chi connectivity index (χ1v) is 6.92. The number of benzene rings is 1. The van der Waals surface area contributed by atoms with Crippen molar-refractivity contribution < 1.29 is 4.74 Å². The number of aromatic nitrogens is 2. The van der Waals surface area contributed by atoms with Gasteiger partial charge in [-0.05, 0) is 31.4 Å². The zero-order valence-corrected chi connectivity index (χ0v) is 11.5. The molecule has 0 amide bonds. The highest BCUT2D eigenvalue weighted by Gasteiger charge is 2.23. The molecule has 3 nitrogen and oxygen atoms in total. The molecule has 3 rings (SSSR count). The zero-order valence-electron chi connectivity index (χ0n) is 10.8. The molecule has 0 radical (unpaired) electrons. The highest BCUT2D eigenvalue weighted by atomic mass is 35.5. The normalized spacial score (nSPS) is 14.4.